The number of hydrogen-bond donors (Lipinski definition) is 0. The maximum Gasteiger partial charge on any atom is 0.355 e. The molecule has 0 bridgehead atoms. The summed E-state index contributed by atoms with van der Waals surface area (Å²) in [7, 11) is 2.52. The van der Waals surface area contributed by atoms with Crippen LogP contribution >= 0.6 is 0 Å². The van der Waals surface area contributed by atoms with Gasteiger partial charge < -0.3 is 18.8 Å². The molecule has 0 spiro atoms. The smallest absolute Gasteiger partial charge is 0.355 e. The van der Waals surface area contributed by atoms with Crippen LogP contribution < -0.4 is 4.90 Å². The first-order valence-corrected chi connectivity index (χ1v) is 10.8. The number of oxazole rings is 1. The van der Waals surface area contributed by atoms with Crippen LogP contribution in [0.5, 0.6) is 0 Å². The summed E-state index contributed by atoms with van der Waals surface area (Å²) in [5.74, 6) is -0.815. The first kappa shape index (κ1) is 23.0. The molecule has 3 aromatic rings. The minimum atomic E-state index is -0.670. The zero-order valence-electron chi connectivity index (χ0n) is 19.8. The molecular weight excluding hydrogens is 432 g/mol. The summed E-state index contributed by atoms with van der Waals surface area (Å²) in [6.45, 7) is 6.50. The number of rotatable bonds is 4. The summed E-state index contributed by atoms with van der Waals surface area (Å²) < 4.78 is 15.8. The van der Waals surface area contributed by atoms with Gasteiger partial charge in [0.1, 0.15) is 11.2 Å². The molecule has 1 aromatic heterocycles. The van der Waals surface area contributed by atoms with Gasteiger partial charge in [-0.05, 0) is 53.5 Å². The molecule has 0 saturated carbocycles. The summed E-state index contributed by atoms with van der Waals surface area (Å²) >= 11 is 0. The summed E-state index contributed by atoms with van der Waals surface area (Å²) in [6.07, 6.45) is 6.56. The van der Waals surface area contributed by atoms with Crippen LogP contribution in [0.2, 0.25) is 0 Å². The van der Waals surface area contributed by atoms with Crippen molar-refractivity contribution in [2.75, 3.05) is 19.1 Å². The molecule has 174 valence electrons. The van der Waals surface area contributed by atoms with Gasteiger partial charge in [0.25, 0.3) is 0 Å². The maximum absolute atomic E-state index is 12.7. The Balaban J connectivity index is 1.76. The van der Waals surface area contributed by atoms with Gasteiger partial charge in [0.15, 0.2) is 5.58 Å². The molecule has 0 saturated heterocycles. The zero-order chi connectivity index (χ0) is 24.5. The third-order valence-corrected chi connectivity index (χ3v) is 5.54. The number of benzene rings is 2. The molecular formula is C27H26N2O5. The average molecular weight is 459 g/mol. The monoisotopic (exact) mass is 458 g/mol. The molecule has 7 nitrogen and oxygen atoms in total. The zero-order valence-corrected chi connectivity index (χ0v) is 19.8. The normalized spacial score (nSPS) is 13.9. The van der Waals surface area contributed by atoms with Gasteiger partial charge in [0.05, 0.1) is 19.8 Å². The number of esters is 2. The lowest BCUT2D eigenvalue weighted by molar-refractivity contribution is -0.139. The number of allylic oxidation sites excluding steroid dienone is 2. The molecule has 0 fully saturated rings. The molecule has 7 heteroatoms. The highest BCUT2D eigenvalue weighted by atomic mass is 16.5. The van der Waals surface area contributed by atoms with E-state index < -0.39 is 11.9 Å². The lowest BCUT2D eigenvalue weighted by Crippen LogP contribution is -2.26. The minimum Gasteiger partial charge on any atom is -0.465 e. The van der Waals surface area contributed by atoms with E-state index in [1.807, 2.05) is 12.1 Å². The van der Waals surface area contributed by atoms with E-state index in [0.29, 0.717) is 22.7 Å². The fourth-order valence-corrected chi connectivity index (χ4v) is 3.67. The molecule has 0 atom stereocenters. The molecule has 0 N–H and O–H groups in total. The number of anilines is 1. The van der Waals surface area contributed by atoms with Gasteiger partial charge in [0.2, 0.25) is 5.89 Å². The van der Waals surface area contributed by atoms with Crippen LogP contribution in [0.25, 0.3) is 22.6 Å². The second-order valence-electron chi connectivity index (χ2n) is 8.81. The lowest BCUT2D eigenvalue weighted by Gasteiger charge is -2.22. The second kappa shape index (κ2) is 9.02. The van der Waals surface area contributed by atoms with Crippen LogP contribution in [0.4, 0.5) is 5.69 Å². The molecule has 2 heterocycles. The Morgan fingerprint density at radius 2 is 1.65 bits per heavy atom. The molecule has 0 radical (unpaired) electrons. The highest BCUT2D eigenvalue weighted by Gasteiger charge is 2.28. The van der Waals surface area contributed by atoms with Crippen molar-refractivity contribution in [3.8, 4) is 11.5 Å². The molecule has 1 aliphatic rings. The summed E-state index contributed by atoms with van der Waals surface area (Å²) in [5.41, 5.74) is 4.09. The number of carbonyl (C=O) groups is 2. The molecule has 2 aromatic carbocycles. The Morgan fingerprint density at radius 1 is 0.941 bits per heavy atom. The molecule has 4 rings (SSSR count). The number of methoxy groups -OCH3 is 2. The van der Waals surface area contributed by atoms with Crippen LogP contribution in [0.1, 0.15) is 26.3 Å². The van der Waals surface area contributed by atoms with Gasteiger partial charge in [-0.2, -0.15) is 0 Å². The summed E-state index contributed by atoms with van der Waals surface area (Å²) in [4.78, 5) is 31.2. The van der Waals surface area contributed by atoms with Crippen molar-refractivity contribution in [1.82, 2.24) is 4.98 Å². The predicted molar refractivity (Wildman–Crippen MR) is 130 cm³/mol. The van der Waals surface area contributed by atoms with Gasteiger partial charge in [-0.25, -0.2) is 14.6 Å². The molecule has 34 heavy (non-hydrogen) atoms. The standard InChI is InChI=1S/C27H26N2O5/c1-27(2,3)18-11-9-17(10-12-18)24-28-21-16-19(13-14-22(21)34-24)29-15-7-6-8-20(25(30)32-4)23(29)26(31)33-5/h6-16H,1-5H3. The third-order valence-electron chi connectivity index (χ3n) is 5.54. The summed E-state index contributed by atoms with van der Waals surface area (Å²) in [6, 6.07) is 13.5. The first-order chi connectivity index (χ1) is 16.2. The molecule has 0 amide bonds. The Morgan fingerprint density at radius 3 is 2.29 bits per heavy atom. The van der Waals surface area contributed by atoms with Gasteiger partial charge in [-0.3, -0.25) is 0 Å². The SMILES string of the molecule is COC(=O)C1=C(C(=O)OC)N(c2ccc3oc(-c4ccc(C(C)(C)C)cc4)nc3c2)C=CC=C1. The highest BCUT2D eigenvalue weighted by Crippen LogP contribution is 2.32. The van der Waals surface area contributed by atoms with E-state index in [1.54, 1.807) is 41.5 Å². The van der Waals surface area contributed by atoms with Crippen molar-refractivity contribution in [2.24, 2.45) is 0 Å². The lowest BCUT2D eigenvalue weighted by atomic mass is 9.87. The van der Waals surface area contributed by atoms with E-state index in [-0.39, 0.29) is 16.7 Å². The van der Waals surface area contributed by atoms with Crippen molar-refractivity contribution >= 4 is 28.7 Å². The number of carbonyl (C=O) groups excluding carboxylic acids is 2. The number of hydrogen-bond acceptors (Lipinski definition) is 7. The first-order valence-electron chi connectivity index (χ1n) is 10.8. The Hall–Kier alpha value is -4.13. The molecule has 0 unspecified atom stereocenters. The number of ether oxygens (including phenoxy) is 2. The molecule has 1 aliphatic heterocycles. The van der Waals surface area contributed by atoms with E-state index in [9.17, 15) is 9.59 Å². The van der Waals surface area contributed by atoms with E-state index >= 15 is 0 Å². The van der Waals surface area contributed by atoms with Gasteiger partial charge >= 0.3 is 11.9 Å². The van der Waals surface area contributed by atoms with E-state index in [2.05, 4.69) is 37.9 Å². The number of fused-ring (bicyclic) bond motifs is 1. The van der Waals surface area contributed by atoms with E-state index in [0.717, 1.165) is 5.56 Å². The van der Waals surface area contributed by atoms with Crippen LogP contribution in [-0.2, 0) is 24.5 Å². The van der Waals surface area contributed by atoms with E-state index in [1.165, 1.54) is 25.9 Å². The fourth-order valence-electron chi connectivity index (χ4n) is 3.67. The van der Waals surface area contributed by atoms with Crippen molar-refractivity contribution in [2.45, 2.75) is 26.2 Å². The van der Waals surface area contributed by atoms with Crippen molar-refractivity contribution < 1.29 is 23.5 Å². The number of aromatic nitrogens is 1. The Kier molecular flexibility index (Phi) is 6.11. The van der Waals surface area contributed by atoms with Gasteiger partial charge in [-0.1, -0.05) is 39.0 Å². The summed E-state index contributed by atoms with van der Waals surface area (Å²) in [5, 5.41) is 0. The predicted octanol–water partition coefficient (Wildman–Crippen LogP) is 5.28. The van der Waals surface area contributed by atoms with Gasteiger partial charge in [-0.15, -0.1) is 0 Å². The van der Waals surface area contributed by atoms with Crippen LogP contribution in [0.15, 0.2) is 82.6 Å². The number of nitrogens with zero attached hydrogens (tertiary/aromatic N) is 2. The minimum absolute atomic E-state index is 0.0418. The van der Waals surface area contributed by atoms with Crippen molar-refractivity contribution in [1.29, 1.82) is 0 Å². The van der Waals surface area contributed by atoms with Gasteiger partial charge in [0, 0.05) is 17.5 Å². The highest BCUT2D eigenvalue weighted by molar-refractivity contribution is 6.05. The average Bonchev–Trinajstić information content (AvgIpc) is 3.13. The van der Waals surface area contributed by atoms with Crippen LogP contribution in [-0.4, -0.2) is 31.1 Å². The second-order valence-corrected chi connectivity index (χ2v) is 8.81. The molecule has 0 aliphatic carbocycles. The quantitative estimate of drug-likeness (QED) is 0.492. The third kappa shape index (κ3) is 4.37. The Labute approximate surface area is 198 Å². The van der Waals surface area contributed by atoms with E-state index in [4.69, 9.17) is 13.9 Å². The van der Waals surface area contributed by atoms with Crippen LogP contribution in [0.3, 0.4) is 0 Å². The largest absolute Gasteiger partial charge is 0.465 e. The topological polar surface area (TPSA) is 81.9 Å². The van der Waals surface area contributed by atoms with Crippen molar-refractivity contribution in [3.63, 3.8) is 0 Å². The fraction of sp³-hybridized carbons (Fsp3) is 0.222. The van der Waals surface area contributed by atoms with Crippen LogP contribution in [0, 0.1) is 0 Å². The van der Waals surface area contributed by atoms with Crippen molar-refractivity contribution in [3.05, 3.63) is 83.7 Å². The maximum atomic E-state index is 12.7. The Bertz CT molecular complexity index is 1340.